The van der Waals surface area contributed by atoms with Crippen molar-refractivity contribution in [3.8, 4) is 0 Å². The van der Waals surface area contributed by atoms with E-state index in [1.54, 1.807) is 4.68 Å². The van der Waals surface area contributed by atoms with Gasteiger partial charge in [-0.1, -0.05) is 41.5 Å². The predicted molar refractivity (Wildman–Crippen MR) is 130 cm³/mol. The van der Waals surface area contributed by atoms with Crippen molar-refractivity contribution in [1.29, 1.82) is 0 Å². The Morgan fingerprint density at radius 3 is 2.26 bits per heavy atom. The van der Waals surface area contributed by atoms with Crippen LogP contribution >= 0.6 is 0 Å². The molecule has 2 N–H and O–H groups in total. The van der Waals surface area contributed by atoms with Gasteiger partial charge in [0.1, 0.15) is 30.5 Å². The van der Waals surface area contributed by atoms with Gasteiger partial charge in [-0.2, -0.15) is 5.10 Å². The fourth-order valence-corrected chi connectivity index (χ4v) is 11.6. The van der Waals surface area contributed by atoms with E-state index in [-0.39, 0.29) is 47.9 Å². The molecule has 0 aliphatic carbocycles. The maximum Gasteiger partial charge on any atom is 1.00 e. The van der Waals surface area contributed by atoms with Gasteiger partial charge in [-0.05, 0) is 35.5 Å². The van der Waals surface area contributed by atoms with Crippen LogP contribution in [-0.2, 0) is 31.3 Å². The Balaban J connectivity index is 0.00000324. The molecule has 0 aromatic carbocycles. The van der Waals surface area contributed by atoms with Gasteiger partial charge < -0.3 is 37.0 Å². The van der Waals surface area contributed by atoms with Crippen molar-refractivity contribution < 1.29 is 48.2 Å². The maximum atomic E-state index is 6.85. The fraction of sp³-hybridized carbons (Fsp3) is 0.773. The second kappa shape index (κ2) is 10.2. The summed E-state index contributed by atoms with van der Waals surface area (Å²) in [6.45, 7) is 17.9. The standard InChI is InChI=1S/C22H37N5O4SSi.Na/c1-11(2)33(12(3)4,13(5)6)28-9-14-16-17(31-22(7,8)30-16)21(29-14)27-19-15(20(32)26-27)18(23)24-10-25-19;/h10-14,16-17,21H,9H2,1-8H3,(H,26,32)(H2,23,24,25);/q;+1/p-1/t14-,16-,17-,21-;/m1./s1. The van der Waals surface area contributed by atoms with E-state index in [1.165, 1.54) is 6.33 Å². The summed E-state index contributed by atoms with van der Waals surface area (Å²) in [4.78, 5) is 8.43. The van der Waals surface area contributed by atoms with Crippen molar-refractivity contribution in [3.05, 3.63) is 6.33 Å². The Hall–Kier alpha value is -0.373. The molecule has 4 atom stereocenters. The second-order valence-electron chi connectivity index (χ2n) is 10.5. The molecular formula is C22H36N5NaO4SSi. The van der Waals surface area contributed by atoms with E-state index >= 15 is 0 Å². The molecule has 0 unspecified atom stereocenters. The molecule has 0 spiro atoms. The smallest absolute Gasteiger partial charge is 0.758 e. The Kier molecular flexibility index (Phi) is 8.44. The molecule has 2 aliphatic heterocycles. The van der Waals surface area contributed by atoms with E-state index in [0.717, 1.165) is 0 Å². The van der Waals surface area contributed by atoms with Crippen LogP contribution in [0.25, 0.3) is 11.0 Å². The van der Waals surface area contributed by atoms with Crippen LogP contribution in [-0.4, -0.2) is 58.8 Å². The van der Waals surface area contributed by atoms with Gasteiger partial charge in [0, 0.05) is 0 Å². The molecule has 184 valence electrons. The normalized spacial score (nSPS) is 26.6. The molecule has 4 heterocycles. The Labute approximate surface area is 230 Å². The topological polar surface area (TPSA) is 107 Å². The van der Waals surface area contributed by atoms with Crippen molar-refractivity contribution >= 4 is 37.8 Å². The van der Waals surface area contributed by atoms with Crippen LogP contribution in [0.15, 0.2) is 11.4 Å². The number of ether oxygens (including phenoxy) is 3. The van der Waals surface area contributed by atoms with Gasteiger partial charge in [0.15, 0.2) is 26.0 Å². The van der Waals surface area contributed by atoms with E-state index in [9.17, 15) is 0 Å². The van der Waals surface area contributed by atoms with Crippen molar-refractivity contribution in [1.82, 2.24) is 19.7 Å². The summed E-state index contributed by atoms with van der Waals surface area (Å²) in [7, 11) is -2.08. The second-order valence-corrected chi connectivity index (χ2v) is 16.3. The predicted octanol–water partition coefficient (Wildman–Crippen LogP) is 0.928. The van der Waals surface area contributed by atoms with Gasteiger partial charge in [-0.3, -0.25) is 0 Å². The number of nitrogens with two attached hydrogens (primary N) is 1. The molecule has 2 aromatic heterocycles. The third-order valence-electron chi connectivity index (χ3n) is 7.06. The van der Waals surface area contributed by atoms with Crippen molar-refractivity contribution in [3.63, 3.8) is 0 Å². The van der Waals surface area contributed by atoms with Crippen LogP contribution in [0.5, 0.6) is 0 Å². The van der Waals surface area contributed by atoms with Crippen molar-refractivity contribution in [2.75, 3.05) is 12.3 Å². The molecule has 12 heteroatoms. The largest absolute Gasteiger partial charge is 1.00 e. The molecule has 2 aliphatic rings. The van der Waals surface area contributed by atoms with Crippen molar-refractivity contribution in [2.24, 2.45) is 0 Å². The van der Waals surface area contributed by atoms with E-state index < -0.39 is 20.3 Å². The average Bonchev–Trinajstić information content (AvgIpc) is 3.31. The third-order valence-corrected chi connectivity index (χ3v) is 13.4. The first-order chi connectivity index (χ1) is 15.4. The number of fused-ring (bicyclic) bond motifs is 2. The van der Waals surface area contributed by atoms with Gasteiger partial charge in [-0.25, -0.2) is 14.6 Å². The molecule has 0 radical (unpaired) electrons. The van der Waals surface area contributed by atoms with Crippen LogP contribution in [0, 0.1) is 0 Å². The summed E-state index contributed by atoms with van der Waals surface area (Å²) in [5.41, 5.74) is 7.99. The zero-order valence-electron chi connectivity index (χ0n) is 21.7. The van der Waals surface area contributed by atoms with E-state index in [4.69, 9.17) is 37.0 Å². The quantitative estimate of drug-likeness (QED) is 0.424. The number of nitrogens with zero attached hydrogens (tertiary/aromatic N) is 4. The van der Waals surface area contributed by atoms with Gasteiger partial charge in [0.2, 0.25) is 0 Å². The molecule has 2 saturated heterocycles. The minimum atomic E-state index is -2.08. The molecule has 0 saturated carbocycles. The number of aromatic nitrogens is 4. The molecule has 2 aromatic rings. The van der Waals surface area contributed by atoms with Gasteiger partial charge in [-0.15, -0.1) is 0 Å². The molecule has 2 fully saturated rings. The SMILES string of the molecule is CC(C)[Si](OC[C@H]1O[C@@H](n2nc([S-])c3c(N)ncnc32)[C@@H]2OC(C)(C)O[C@@H]21)(C(C)C)C(C)C.[Na+]. The van der Waals surface area contributed by atoms with Crippen LogP contribution < -0.4 is 35.3 Å². The zero-order chi connectivity index (χ0) is 24.3. The summed E-state index contributed by atoms with van der Waals surface area (Å²) < 4.78 is 27.6. The van der Waals surface area contributed by atoms with Crippen LogP contribution in [0.3, 0.4) is 0 Å². The van der Waals surface area contributed by atoms with E-state index in [0.29, 0.717) is 45.1 Å². The Bertz CT molecular complexity index is 999. The molecule has 9 nitrogen and oxygen atoms in total. The molecule has 0 amide bonds. The minimum Gasteiger partial charge on any atom is -0.758 e. The summed E-state index contributed by atoms with van der Waals surface area (Å²) in [5.74, 6) is -0.442. The molecule has 0 bridgehead atoms. The molecular weight excluding hydrogens is 481 g/mol. The summed E-state index contributed by atoms with van der Waals surface area (Å²) >= 11 is 5.44. The maximum absolute atomic E-state index is 6.85. The van der Waals surface area contributed by atoms with Gasteiger partial charge in [0.05, 0.1) is 12.0 Å². The Morgan fingerprint density at radius 1 is 1.09 bits per heavy atom. The van der Waals surface area contributed by atoms with E-state index in [1.807, 2.05) is 13.8 Å². The van der Waals surface area contributed by atoms with Gasteiger partial charge in [0.25, 0.3) is 0 Å². The number of rotatable bonds is 7. The van der Waals surface area contributed by atoms with Crippen LogP contribution in [0.2, 0.25) is 16.6 Å². The van der Waals surface area contributed by atoms with Gasteiger partial charge >= 0.3 is 29.6 Å². The minimum absolute atomic E-state index is 0. The first kappa shape index (κ1) is 28.2. The molecule has 34 heavy (non-hydrogen) atoms. The number of nitrogen functional groups attached to an aromatic ring is 1. The first-order valence-corrected chi connectivity index (χ1v) is 14.2. The average molecular weight is 518 g/mol. The number of anilines is 1. The van der Waals surface area contributed by atoms with E-state index in [2.05, 4.69) is 56.6 Å². The Morgan fingerprint density at radius 2 is 1.68 bits per heavy atom. The van der Waals surface area contributed by atoms with Crippen molar-refractivity contribution in [2.45, 2.75) is 107 Å². The summed E-state index contributed by atoms with van der Waals surface area (Å²) in [6.07, 6.45) is -0.142. The monoisotopic (exact) mass is 517 g/mol. The molecule has 4 rings (SSSR count). The first-order valence-electron chi connectivity index (χ1n) is 11.7. The third kappa shape index (κ3) is 4.68. The summed E-state index contributed by atoms with van der Waals surface area (Å²) in [6, 6.07) is 0. The number of hydrogen-bond acceptors (Lipinski definition) is 9. The van der Waals surface area contributed by atoms with Crippen LogP contribution in [0.4, 0.5) is 5.82 Å². The zero-order valence-corrected chi connectivity index (χ0v) is 25.5. The van der Waals surface area contributed by atoms with Crippen LogP contribution in [0.1, 0.15) is 61.6 Å². The number of hydrogen-bond donors (Lipinski definition) is 1. The fourth-order valence-electron chi connectivity index (χ4n) is 5.86. The summed E-state index contributed by atoms with van der Waals surface area (Å²) in [5, 5.41) is 5.42.